The van der Waals surface area contributed by atoms with E-state index < -0.39 is 0 Å². The van der Waals surface area contributed by atoms with Gasteiger partial charge in [0.05, 0.1) is 6.10 Å². The van der Waals surface area contributed by atoms with E-state index in [0.29, 0.717) is 29.9 Å². The summed E-state index contributed by atoms with van der Waals surface area (Å²) >= 11 is 0. The third kappa shape index (κ3) is 4.83. The number of carbonyl (C=O) groups excluding carboxylic acids is 2. The number of hydrogen-bond donors (Lipinski definition) is 3. The summed E-state index contributed by atoms with van der Waals surface area (Å²) in [6.45, 7) is 1.62. The van der Waals surface area contributed by atoms with E-state index in [0.717, 1.165) is 25.0 Å². The molecular weight excluding hydrogens is 330 g/mol. The quantitative estimate of drug-likeness (QED) is 0.694. The number of rotatable bonds is 6. The SMILES string of the molecule is Nc1cccc(C(=O)NCc2cccc(C(=O)NCC3CCCO3)c2)c1. The van der Waals surface area contributed by atoms with Crippen molar-refractivity contribution in [3.63, 3.8) is 0 Å². The van der Waals surface area contributed by atoms with E-state index >= 15 is 0 Å². The highest BCUT2D eigenvalue weighted by Crippen LogP contribution is 2.12. The lowest BCUT2D eigenvalue weighted by atomic mass is 10.1. The number of carbonyl (C=O) groups is 2. The van der Waals surface area contributed by atoms with Gasteiger partial charge in [0.2, 0.25) is 0 Å². The molecule has 1 heterocycles. The zero-order chi connectivity index (χ0) is 18.4. The number of benzene rings is 2. The van der Waals surface area contributed by atoms with Crippen molar-refractivity contribution in [3.8, 4) is 0 Å². The van der Waals surface area contributed by atoms with Crippen molar-refractivity contribution in [1.29, 1.82) is 0 Å². The summed E-state index contributed by atoms with van der Waals surface area (Å²) in [4.78, 5) is 24.5. The predicted octanol–water partition coefficient (Wildman–Crippen LogP) is 2.11. The van der Waals surface area contributed by atoms with Gasteiger partial charge in [-0.2, -0.15) is 0 Å². The lowest BCUT2D eigenvalue weighted by molar-refractivity contribution is 0.0857. The number of ether oxygens (including phenoxy) is 1. The average Bonchev–Trinajstić information content (AvgIpc) is 3.18. The van der Waals surface area contributed by atoms with E-state index in [2.05, 4.69) is 10.6 Å². The van der Waals surface area contributed by atoms with Gasteiger partial charge < -0.3 is 21.1 Å². The van der Waals surface area contributed by atoms with E-state index in [9.17, 15) is 9.59 Å². The Labute approximate surface area is 152 Å². The molecule has 0 aliphatic carbocycles. The minimum atomic E-state index is -0.203. The molecule has 0 bridgehead atoms. The third-order valence-corrected chi connectivity index (χ3v) is 4.31. The highest BCUT2D eigenvalue weighted by Gasteiger charge is 2.16. The molecule has 2 aromatic carbocycles. The van der Waals surface area contributed by atoms with Crippen LogP contribution in [0.25, 0.3) is 0 Å². The summed E-state index contributed by atoms with van der Waals surface area (Å²) in [6, 6.07) is 14.0. The molecular formula is C20H23N3O3. The number of hydrogen-bond acceptors (Lipinski definition) is 4. The van der Waals surface area contributed by atoms with Crippen molar-refractivity contribution in [3.05, 3.63) is 65.2 Å². The van der Waals surface area contributed by atoms with Gasteiger partial charge in [0, 0.05) is 36.5 Å². The Bertz CT molecular complexity index is 785. The number of amides is 2. The molecule has 1 unspecified atom stereocenters. The van der Waals surface area contributed by atoms with Gasteiger partial charge in [-0.3, -0.25) is 9.59 Å². The molecule has 4 N–H and O–H groups in total. The van der Waals surface area contributed by atoms with Gasteiger partial charge >= 0.3 is 0 Å². The fourth-order valence-corrected chi connectivity index (χ4v) is 2.90. The van der Waals surface area contributed by atoms with Crippen molar-refractivity contribution in [2.45, 2.75) is 25.5 Å². The summed E-state index contributed by atoms with van der Waals surface area (Å²) in [5.74, 6) is -0.338. The number of nitrogens with two attached hydrogens (primary N) is 1. The smallest absolute Gasteiger partial charge is 0.251 e. The van der Waals surface area contributed by atoms with E-state index in [-0.39, 0.29) is 17.9 Å². The average molecular weight is 353 g/mol. The maximum absolute atomic E-state index is 12.3. The third-order valence-electron chi connectivity index (χ3n) is 4.31. The van der Waals surface area contributed by atoms with Gasteiger partial charge in [0.1, 0.15) is 0 Å². The largest absolute Gasteiger partial charge is 0.399 e. The molecule has 2 aromatic rings. The molecule has 1 saturated heterocycles. The highest BCUT2D eigenvalue weighted by atomic mass is 16.5. The second-order valence-electron chi connectivity index (χ2n) is 6.35. The molecule has 2 amide bonds. The van der Waals surface area contributed by atoms with Crippen LogP contribution in [0, 0.1) is 0 Å². The number of nitrogens with one attached hydrogen (secondary N) is 2. The Hall–Kier alpha value is -2.86. The van der Waals surface area contributed by atoms with Gasteiger partial charge in [0.15, 0.2) is 0 Å². The van der Waals surface area contributed by atoms with Crippen molar-refractivity contribution < 1.29 is 14.3 Å². The predicted molar refractivity (Wildman–Crippen MR) is 99.8 cm³/mol. The Morgan fingerprint density at radius 1 is 1.04 bits per heavy atom. The maximum Gasteiger partial charge on any atom is 0.251 e. The first-order valence-corrected chi connectivity index (χ1v) is 8.74. The molecule has 1 aliphatic heterocycles. The molecule has 1 atom stereocenters. The van der Waals surface area contributed by atoms with Crippen molar-refractivity contribution in [2.24, 2.45) is 0 Å². The zero-order valence-electron chi connectivity index (χ0n) is 14.5. The fraction of sp³-hybridized carbons (Fsp3) is 0.300. The highest BCUT2D eigenvalue weighted by molar-refractivity contribution is 5.95. The zero-order valence-corrected chi connectivity index (χ0v) is 14.5. The summed E-state index contributed by atoms with van der Waals surface area (Å²) in [5, 5.41) is 5.74. The Morgan fingerprint density at radius 2 is 1.77 bits per heavy atom. The minimum Gasteiger partial charge on any atom is -0.399 e. The standard InChI is InChI=1S/C20H23N3O3/c21-17-7-2-6-16(11-17)20(25)22-12-14-4-1-5-15(10-14)19(24)23-13-18-8-3-9-26-18/h1-2,4-7,10-11,18H,3,8-9,12-13,21H2,(H,22,25)(H,23,24). The van der Waals surface area contributed by atoms with Crippen LogP contribution in [0.1, 0.15) is 39.1 Å². The van der Waals surface area contributed by atoms with Crippen LogP contribution in [0.3, 0.4) is 0 Å². The minimum absolute atomic E-state index is 0.111. The first-order chi connectivity index (χ1) is 12.6. The van der Waals surface area contributed by atoms with E-state index in [1.165, 1.54) is 0 Å². The number of nitrogen functional groups attached to an aromatic ring is 1. The molecule has 26 heavy (non-hydrogen) atoms. The van der Waals surface area contributed by atoms with Gasteiger partial charge in [-0.1, -0.05) is 18.2 Å². The van der Waals surface area contributed by atoms with E-state index in [1.54, 1.807) is 36.4 Å². The van der Waals surface area contributed by atoms with Crippen LogP contribution in [0.5, 0.6) is 0 Å². The van der Waals surface area contributed by atoms with Crippen LogP contribution >= 0.6 is 0 Å². The Kier molecular flexibility index (Phi) is 5.86. The Morgan fingerprint density at radius 3 is 2.50 bits per heavy atom. The summed E-state index contributed by atoms with van der Waals surface area (Å²) in [7, 11) is 0. The lowest BCUT2D eigenvalue weighted by Crippen LogP contribution is -2.31. The molecule has 3 rings (SSSR count). The molecule has 0 radical (unpaired) electrons. The maximum atomic E-state index is 12.3. The van der Waals surface area contributed by atoms with Crippen LogP contribution in [-0.4, -0.2) is 31.1 Å². The molecule has 6 heteroatoms. The van der Waals surface area contributed by atoms with Crippen molar-refractivity contribution >= 4 is 17.5 Å². The second-order valence-corrected chi connectivity index (χ2v) is 6.35. The molecule has 1 aliphatic rings. The lowest BCUT2D eigenvalue weighted by Gasteiger charge is -2.11. The molecule has 136 valence electrons. The van der Waals surface area contributed by atoms with Gasteiger partial charge in [0.25, 0.3) is 11.8 Å². The fourth-order valence-electron chi connectivity index (χ4n) is 2.90. The normalized spacial score (nSPS) is 16.2. The van der Waals surface area contributed by atoms with Crippen LogP contribution in [0.4, 0.5) is 5.69 Å². The second kappa shape index (κ2) is 8.49. The summed E-state index contributed by atoms with van der Waals surface area (Å²) in [6.07, 6.45) is 2.14. The first-order valence-electron chi connectivity index (χ1n) is 8.74. The monoisotopic (exact) mass is 353 g/mol. The van der Waals surface area contributed by atoms with Crippen LogP contribution in [-0.2, 0) is 11.3 Å². The van der Waals surface area contributed by atoms with Crippen molar-refractivity contribution in [1.82, 2.24) is 10.6 Å². The van der Waals surface area contributed by atoms with Gasteiger partial charge in [-0.15, -0.1) is 0 Å². The first kappa shape index (κ1) is 17.9. The van der Waals surface area contributed by atoms with Crippen molar-refractivity contribution in [2.75, 3.05) is 18.9 Å². The van der Waals surface area contributed by atoms with Gasteiger partial charge in [-0.25, -0.2) is 0 Å². The van der Waals surface area contributed by atoms with E-state index in [4.69, 9.17) is 10.5 Å². The molecule has 0 spiro atoms. The topological polar surface area (TPSA) is 93.5 Å². The number of anilines is 1. The van der Waals surface area contributed by atoms with Crippen LogP contribution in [0.15, 0.2) is 48.5 Å². The molecule has 0 saturated carbocycles. The molecule has 6 nitrogen and oxygen atoms in total. The van der Waals surface area contributed by atoms with Crippen LogP contribution in [0.2, 0.25) is 0 Å². The summed E-state index contributed by atoms with van der Waals surface area (Å²) in [5.41, 5.74) is 8.17. The van der Waals surface area contributed by atoms with E-state index in [1.807, 2.05) is 12.1 Å². The molecule has 1 fully saturated rings. The molecule has 0 aromatic heterocycles. The van der Waals surface area contributed by atoms with Gasteiger partial charge in [-0.05, 0) is 48.7 Å². The van der Waals surface area contributed by atoms with Crippen LogP contribution < -0.4 is 16.4 Å². The Balaban J connectivity index is 1.54. The summed E-state index contributed by atoms with van der Waals surface area (Å²) < 4.78 is 5.51.